The number of carbonyl (C=O) groups excluding carboxylic acids is 1. The molecule has 1 amide bonds. The van der Waals surface area contributed by atoms with Gasteiger partial charge in [-0.15, -0.1) is 11.8 Å². The normalized spacial score (nSPS) is 22.2. The first kappa shape index (κ1) is 16.5. The quantitative estimate of drug-likeness (QED) is 0.684. The van der Waals surface area contributed by atoms with E-state index >= 15 is 0 Å². The average molecular weight is 287 g/mol. The van der Waals surface area contributed by atoms with E-state index in [9.17, 15) is 9.90 Å². The first-order valence-corrected chi connectivity index (χ1v) is 7.67. The lowest BCUT2D eigenvalue weighted by atomic mass is 10.0. The molecule has 0 aliphatic carbocycles. The summed E-state index contributed by atoms with van der Waals surface area (Å²) in [6, 6.07) is -0.0267. The van der Waals surface area contributed by atoms with Gasteiger partial charge in [0.05, 0.1) is 11.1 Å². The molecular formula is C13H25N3O2S. The first-order chi connectivity index (χ1) is 8.93. The maximum Gasteiger partial charge on any atom is 0.219 e. The van der Waals surface area contributed by atoms with E-state index in [1.807, 2.05) is 14.1 Å². The molecule has 1 aliphatic rings. The number of hydrogen-bond donors (Lipinski definition) is 2. The molecule has 110 valence electrons. The van der Waals surface area contributed by atoms with Crippen LogP contribution in [0.1, 0.15) is 26.2 Å². The van der Waals surface area contributed by atoms with E-state index in [-0.39, 0.29) is 11.9 Å². The van der Waals surface area contributed by atoms with Crippen molar-refractivity contribution in [1.29, 1.82) is 0 Å². The lowest BCUT2D eigenvalue weighted by molar-refractivity contribution is -0.120. The largest absolute Gasteiger partial charge is 0.376 e. The second-order valence-electron chi connectivity index (χ2n) is 5.30. The second kappa shape index (κ2) is 7.87. The van der Waals surface area contributed by atoms with E-state index in [1.165, 1.54) is 0 Å². The van der Waals surface area contributed by atoms with Crippen LogP contribution in [0.15, 0.2) is 4.99 Å². The van der Waals surface area contributed by atoms with Gasteiger partial charge in [-0.25, -0.2) is 0 Å². The number of aliphatic hydroxyl groups excluding tert-OH is 1. The molecule has 0 aromatic heterocycles. The topological polar surface area (TPSA) is 64.9 Å². The Balaban J connectivity index is 2.37. The summed E-state index contributed by atoms with van der Waals surface area (Å²) < 4.78 is 0. The maximum atomic E-state index is 11.2. The summed E-state index contributed by atoms with van der Waals surface area (Å²) in [5.74, 6) is 1.38. The van der Waals surface area contributed by atoms with Crippen molar-refractivity contribution in [2.24, 2.45) is 10.9 Å². The van der Waals surface area contributed by atoms with Crippen molar-refractivity contribution in [2.75, 3.05) is 26.9 Å². The number of carbonyl (C=O) groups is 1. The summed E-state index contributed by atoms with van der Waals surface area (Å²) in [5.41, 5.74) is 0. The molecule has 0 saturated carbocycles. The zero-order chi connectivity index (χ0) is 14.4. The van der Waals surface area contributed by atoms with Crippen LogP contribution in [0.5, 0.6) is 0 Å². The predicted molar refractivity (Wildman–Crippen MR) is 80.5 cm³/mol. The third kappa shape index (κ3) is 5.50. The van der Waals surface area contributed by atoms with Gasteiger partial charge in [0.25, 0.3) is 0 Å². The molecule has 0 radical (unpaired) electrons. The fourth-order valence-electron chi connectivity index (χ4n) is 1.95. The molecule has 19 heavy (non-hydrogen) atoms. The molecule has 1 rings (SSSR count). The van der Waals surface area contributed by atoms with Gasteiger partial charge in [-0.2, -0.15) is 0 Å². The van der Waals surface area contributed by atoms with Crippen LogP contribution in [-0.4, -0.2) is 60.1 Å². The number of aliphatic imine (C=N–C) groups is 1. The van der Waals surface area contributed by atoms with E-state index < -0.39 is 6.23 Å². The van der Waals surface area contributed by atoms with Crippen molar-refractivity contribution in [3.63, 3.8) is 0 Å². The van der Waals surface area contributed by atoms with E-state index in [1.54, 1.807) is 23.7 Å². The molecular weight excluding hydrogens is 262 g/mol. The summed E-state index contributed by atoms with van der Waals surface area (Å²) in [7, 11) is 5.38. The Morgan fingerprint density at radius 1 is 1.63 bits per heavy atom. The van der Waals surface area contributed by atoms with Gasteiger partial charge in [-0.1, -0.05) is 6.92 Å². The molecule has 1 heterocycles. The number of nitrogens with zero attached hydrogens (tertiary/aromatic N) is 2. The van der Waals surface area contributed by atoms with Crippen LogP contribution in [0, 0.1) is 5.92 Å². The van der Waals surface area contributed by atoms with Crippen LogP contribution < -0.4 is 5.32 Å². The fourth-order valence-corrected chi connectivity index (χ4v) is 3.17. The number of hydrogen-bond acceptors (Lipinski definition) is 5. The van der Waals surface area contributed by atoms with Gasteiger partial charge in [0.15, 0.2) is 0 Å². The van der Waals surface area contributed by atoms with E-state index in [4.69, 9.17) is 0 Å². The van der Waals surface area contributed by atoms with Gasteiger partial charge in [0.1, 0.15) is 6.23 Å². The number of thioether (sulfide) groups is 1. The Morgan fingerprint density at radius 3 is 2.89 bits per heavy atom. The zero-order valence-electron chi connectivity index (χ0n) is 12.2. The molecule has 0 saturated heterocycles. The zero-order valence-corrected chi connectivity index (χ0v) is 13.0. The van der Waals surface area contributed by atoms with Crippen LogP contribution in [0.2, 0.25) is 0 Å². The molecule has 0 aromatic rings. The van der Waals surface area contributed by atoms with Gasteiger partial charge in [0, 0.05) is 19.2 Å². The van der Waals surface area contributed by atoms with E-state index in [0.29, 0.717) is 12.3 Å². The SMILES string of the molecule is CNC(=O)CC[C@H](C)CC1=NC(C(O)N(C)C)CS1. The smallest absolute Gasteiger partial charge is 0.219 e. The summed E-state index contributed by atoms with van der Waals surface area (Å²) in [6.07, 6.45) is 1.84. The Labute approximate surface area is 119 Å². The van der Waals surface area contributed by atoms with Gasteiger partial charge >= 0.3 is 0 Å². The molecule has 2 N–H and O–H groups in total. The van der Waals surface area contributed by atoms with Crippen molar-refractivity contribution in [3.8, 4) is 0 Å². The maximum absolute atomic E-state index is 11.2. The molecule has 6 heteroatoms. The van der Waals surface area contributed by atoms with Crippen molar-refractivity contribution >= 4 is 22.7 Å². The summed E-state index contributed by atoms with van der Waals surface area (Å²) >= 11 is 1.73. The molecule has 5 nitrogen and oxygen atoms in total. The highest BCUT2D eigenvalue weighted by atomic mass is 32.2. The number of aliphatic hydroxyl groups is 1. The highest BCUT2D eigenvalue weighted by Gasteiger charge is 2.27. The standard InChI is InChI=1S/C13H25N3O2S/c1-9(5-6-11(17)14-2)7-12-15-10(8-19-12)13(18)16(3)4/h9-10,13,18H,5-8H2,1-4H3,(H,14,17)/t9-,10?,13?/m0/s1. The lowest BCUT2D eigenvalue weighted by Crippen LogP contribution is -2.38. The highest BCUT2D eigenvalue weighted by Crippen LogP contribution is 2.26. The number of rotatable bonds is 7. The Hall–Kier alpha value is -0.590. The minimum absolute atomic E-state index is 0.0267. The monoisotopic (exact) mass is 287 g/mol. The third-order valence-electron chi connectivity index (χ3n) is 3.27. The van der Waals surface area contributed by atoms with Crippen LogP contribution in [0.25, 0.3) is 0 Å². The minimum Gasteiger partial charge on any atom is -0.376 e. The third-order valence-corrected chi connectivity index (χ3v) is 4.38. The molecule has 3 atom stereocenters. The Kier molecular flexibility index (Phi) is 6.82. The number of amides is 1. The van der Waals surface area contributed by atoms with Crippen molar-refractivity contribution in [2.45, 2.75) is 38.5 Å². The molecule has 0 spiro atoms. The van der Waals surface area contributed by atoms with Crippen LogP contribution in [-0.2, 0) is 4.79 Å². The molecule has 2 unspecified atom stereocenters. The first-order valence-electron chi connectivity index (χ1n) is 6.68. The Morgan fingerprint density at radius 2 is 2.32 bits per heavy atom. The average Bonchev–Trinajstić information content (AvgIpc) is 2.83. The minimum atomic E-state index is -0.508. The second-order valence-corrected chi connectivity index (χ2v) is 6.39. The molecule has 1 aliphatic heterocycles. The predicted octanol–water partition coefficient (Wildman–Crippen LogP) is 0.933. The van der Waals surface area contributed by atoms with Crippen molar-refractivity contribution in [1.82, 2.24) is 10.2 Å². The van der Waals surface area contributed by atoms with Gasteiger partial charge in [-0.3, -0.25) is 14.7 Å². The van der Waals surface area contributed by atoms with Gasteiger partial charge < -0.3 is 10.4 Å². The summed E-state index contributed by atoms with van der Waals surface area (Å²) in [6.45, 7) is 2.14. The summed E-state index contributed by atoms with van der Waals surface area (Å²) in [4.78, 5) is 17.6. The van der Waals surface area contributed by atoms with Gasteiger partial charge in [-0.05, 0) is 32.9 Å². The molecule has 0 fully saturated rings. The highest BCUT2D eigenvalue weighted by molar-refractivity contribution is 8.14. The van der Waals surface area contributed by atoms with Crippen LogP contribution in [0.3, 0.4) is 0 Å². The molecule has 0 aromatic carbocycles. The fraction of sp³-hybridized carbons (Fsp3) is 0.846. The summed E-state index contributed by atoms with van der Waals surface area (Å²) in [5, 5.41) is 13.7. The van der Waals surface area contributed by atoms with Crippen molar-refractivity contribution < 1.29 is 9.90 Å². The lowest BCUT2D eigenvalue weighted by Gasteiger charge is -2.21. The Bertz CT molecular complexity index is 334. The number of likely N-dealkylation sites (N-methyl/N-ethyl adjacent to an activating group) is 1. The van der Waals surface area contributed by atoms with E-state index in [0.717, 1.165) is 23.6 Å². The van der Waals surface area contributed by atoms with Crippen LogP contribution >= 0.6 is 11.8 Å². The van der Waals surface area contributed by atoms with E-state index in [2.05, 4.69) is 17.2 Å². The molecule has 0 bridgehead atoms. The van der Waals surface area contributed by atoms with Crippen LogP contribution in [0.4, 0.5) is 0 Å². The van der Waals surface area contributed by atoms with Crippen molar-refractivity contribution in [3.05, 3.63) is 0 Å². The number of nitrogens with one attached hydrogen (secondary N) is 1. The van der Waals surface area contributed by atoms with Gasteiger partial charge in [0.2, 0.25) is 5.91 Å².